The van der Waals surface area contributed by atoms with Crippen LogP contribution in [-0.2, 0) is 16.1 Å². The summed E-state index contributed by atoms with van der Waals surface area (Å²) >= 11 is 0. The Morgan fingerprint density at radius 1 is 1.00 bits per heavy atom. The maximum atomic E-state index is 13.5. The average Bonchev–Trinajstić information content (AvgIpc) is 3.01. The number of hydrogen-bond donors (Lipinski definition) is 0. The minimum atomic E-state index is -0.693. The normalized spacial score (nSPS) is 19.8. The predicted molar refractivity (Wildman–Crippen MR) is 127 cm³/mol. The van der Waals surface area contributed by atoms with Gasteiger partial charge in [-0.3, -0.25) is 9.69 Å². The van der Waals surface area contributed by atoms with E-state index in [1.165, 1.54) is 16.0 Å². The molecular formula is C27H36N2O3. The van der Waals surface area contributed by atoms with Crippen molar-refractivity contribution in [1.29, 1.82) is 0 Å². The maximum absolute atomic E-state index is 13.5. The zero-order valence-corrected chi connectivity index (χ0v) is 20.1. The van der Waals surface area contributed by atoms with Gasteiger partial charge in [-0.1, -0.05) is 81.4 Å². The van der Waals surface area contributed by atoms with Gasteiger partial charge in [0, 0.05) is 25.0 Å². The van der Waals surface area contributed by atoms with Crippen molar-refractivity contribution in [3.63, 3.8) is 0 Å². The minimum absolute atomic E-state index is 0.108. The van der Waals surface area contributed by atoms with E-state index in [2.05, 4.69) is 36.1 Å². The first kappa shape index (κ1) is 24.0. The molecule has 0 radical (unpaired) electrons. The summed E-state index contributed by atoms with van der Waals surface area (Å²) in [4.78, 5) is 29.8. The van der Waals surface area contributed by atoms with E-state index in [0.29, 0.717) is 6.54 Å². The monoisotopic (exact) mass is 436 g/mol. The fourth-order valence-corrected chi connectivity index (χ4v) is 4.87. The van der Waals surface area contributed by atoms with Crippen molar-refractivity contribution in [1.82, 2.24) is 9.80 Å². The molecule has 1 saturated heterocycles. The number of imide groups is 1. The molecule has 1 fully saturated rings. The van der Waals surface area contributed by atoms with Crippen LogP contribution in [0.3, 0.4) is 0 Å². The Balaban J connectivity index is 1.83. The average molecular weight is 437 g/mol. The molecule has 2 amide bonds. The van der Waals surface area contributed by atoms with Crippen LogP contribution in [-0.4, -0.2) is 40.0 Å². The number of nitrogens with zero attached hydrogens (tertiary/aromatic N) is 2. The standard InChI is InChI=1S/C27H36N2O3/c1-19(2)24-27(5,6)32-26(31)29(24)25(30)20(3)17-28(18-22-13-9-7-10-14-22)21(4)23-15-11-8-12-16-23/h7-16,19-21,24H,17-18H2,1-6H3/t20-,21-,24+/m1/s1. The van der Waals surface area contributed by atoms with Crippen LogP contribution in [0.4, 0.5) is 4.79 Å². The van der Waals surface area contributed by atoms with Crippen LogP contribution in [0.2, 0.25) is 0 Å². The number of amides is 2. The van der Waals surface area contributed by atoms with Crippen LogP contribution in [0.1, 0.15) is 58.7 Å². The van der Waals surface area contributed by atoms with E-state index in [-0.39, 0.29) is 29.8 Å². The topological polar surface area (TPSA) is 49.9 Å². The molecule has 0 N–H and O–H groups in total. The van der Waals surface area contributed by atoms with Gasteiger partial charge in [-0.2, -0.15) is 0 Å². The highest BCUT2D eigenvalue weighted by Gasteiger charge is 2.52. The summed E-state index contributed by atoms with van der Waals surface area (Å²) < 4.78 is 5.58. The fraction of sp³-hybridized carbons (Fsp3) is 0.481. The van der Waals surface area contributed by atoms with Crippen molar-refractivity contribution in [2.75, 3.05) is 6.54 Å². The molecule has 0 bridgehead atoms. The van der Waals surface area contributed by atoms with E-state index in [0.717, 1.165) is 6.54 Å². The Hall–Kier alpha value is -2.66. The molecule has 0 aliphatic carbocycles. The number of carbonyl (C=O) groups excluding carboxylic acids is 2. The van der Waals surface area contributed by atoms with Crippen LogP contribution < -0.4 is 0 Å². The van der Waals surface area contributed by atoms with Crippen LogP contribution in [0.15, 0.2) is 60.7 Å². The summed E-state index contributed by atoms with van der Waals surface area (Å²) in [5.74, 6) is -0.415. The van der Waals surface area contributed by atoms with Crippen LogP contribution in [0.5, 0.6) is 0 Å². The molecule has 0 aromatic heterocycles. The van der Waals surface area contributed by atoms with Gasteiger partial charge in [0.2, 0.25) is 5.91 Å². The largest absolute Gasteiger partial charge is 0.441 e. The number of benzene rings is 2. The highest BCUT2D eigenvalue weighted by Crippen LogP contribution is 2.35. The molecule has 2 aromatic carbocycles. The summed E-state index contributed by atoms with van der Waals surface area (Å²) in [5, 5.41) is 0. The molecular weight excluding hydrogens is 400 g/mol. The SMILES string of the molecule is CC(C)[C@@H]1N(C(=O)[C@H](C)CN(Cc2ccccc2)[C@H](C)c2ccccc2)C(=O)OC1(C)C. The molecule has 5 heteroatoms. The second-order valence-electron chi connectivity index (χ2n) is 9.77. The number of ether oxygens (including phenoxy) is 1. The number of carbonyl (C=O) groups is 2. The molecule has 1 aliphatic heterocycles. The Kier molecular flexibility index (Phi) is 7.40. The van der Waals surface area contributed by atoms with Gasteiger partial charge in [0.15, 0.2) is 0 Å². The molecule has 172 valence electrons. The molecule has 0 spiro atoms. The van der Waals surface area contributed by atoms with E-state index in [4.69, 9.17) is 4.74 Å². The van der Waals surface area contributed by atoms with Gasteiger partial charge in [0.25, 0.3) is 0 Å². The van der Waals surface area contributed by atoms with E-state index in [1.807, 2.05) is 71.0 Å². The van der Waals surface area contributed by atoms with E-state index in [9.17, 15) is 9.59 Å². The molecule has 32 heavy (non-hydrogen) atoms. The zero-order valence-electron chi connectivity index (χ0n) is 20.1. The molecule has 1 aliphatic rings. The van der Waals surface area contributed by atoms with Crippen molar-refractivity contribution in [3.05, 3.63) is 71.8 Å². The second-order valence-corrected chi connectivity index (χ2v) is 9.77. The maximum Gasteiger partial charge on any atom is 0.417 e. The zero-order chi connectivity index (χ0) is 23.5. The Morgan fingerprint density at radius 2 is 1.56 bits per heavy atom. The van der Waals surface area contributed by atoms with Gasteiger partial charge in [0.1, 0.15) is 5.60 Å². The van der Waals surface area contributed by atoms with Crippen molar-refractivity contribution >= 4 is 12.0 Å². The summed E-state index contributed by atoms with van der Waals surface area (Å²) in [7, 11) is 0. The van der Waals surface area contributed by atoms with Crippen LogP contribution in [0, 0.1) is 11.8 Å². The molecule has 0 unspecified atom stereocenters. The molecule has 1 heterocycles. The number of rotatable bonds is 8. The molecule has 3 atom stereocenters. The third-order valence-electron chi connectivity index (χ3n) is 6.39. The summed E-state index contributed by atoms with van der Waals surface area (Å²) in [6.07, 6.45) is -0.531. The lowest BCUT2D eigenvalue weighted by atomic mass is 9.88. The van der Waals surface area contributed by atoms with Crippen molar-refractivity contribution < 1.29 is 14.3 Å². The molecule has 5 nitrogen and oxygen atoms in total. The lowest BCUT2D eigenvalue weighted by molar-refractivity contribution is -0.135. The molecule has 2 aromatic rings. The van der Waals surface area contributed by atoms with Gasteiger partial charge >= 0.3 is 6.09 Å². The first-order chi connectivity index (χ1) is 15.1. The van der Waals surface area contributed by atoms with Crippen molar-refractivity contribution in [2.45, 2.75) is 65.8 Å². The molecule has 3 rings (SSSR count). The summed E-state index contributed by atoms with van der Waals surface area (Å²) in [5.41, 5.74) is 1.70. The lowest BCUT2D eigenvalue weighted by Gasteiger charge is -2.35. The second kappa shape index (κ2) is 9.86. The van der Waals surface area contributed by atoms with Crippen molar-refractivity contribution in [3.8, 4) is 0 Å². The highest BCUT2D eigenvalue weighted by atomic mass is 16.6. The summed E-state index contributed by atoms with van der Waals surface area (Å²) in [6.45, 7) is 13.2. The van der Waals surface area contributed by atoms with Crippen molar-refractivity contribution in [2.24, 2.45) is 11.8 Å². The Bertz CT molecular complexity index is 911. The fourth-order valence-electron chi connectivity index (χ4n) is 4.87. The summed E-state index contributed by atoms with van der Waals surface area (Å²) in [6, 6.07) is 20.4. The minimum Gasteiger partial charge on any atom is -0.441 e. The quantitative estimate of drug-likeness (QED) is 0.535. The molecule has 0 saturated carbocycles. The van der Waals surface area contributed by atoms with Crippen LogP contribution in [0.25, 0.3) is 0 Å². The van der Waals surface area contributed by atoms with Crippen LogP contribution >= 0.6 is 0 Å². The Labute approximate surface area is 192 Å². The highest BCUT2D eigenvalue weighted by molar-refractivity contribution is 5.95. The van der Waals surface area contributed by atoms with E-state index >= 15 is 0 Å². The first-order valence-corrected chi connectivity index (χ1v) is 11.5. The number of cyclic esters (lactones) is 1. The van der Waals surface area contributed by atoms with E-state index < -0.39 is 11.7 Å². The number of hydrogen-bond acceptors (Lipinski definition) is 4. The predicted octanol–water partition coefficient (Wildman–Crippen LogP) is 5.67. The van der Waals surface area contributed by atoms with E-state index in [1.54, 1.807) is 0 Å². The van der Waals surface area contributed by atoms with Gasteiger partial charge in [0.05, 0.1) is 6.04 Å². The van der Waals surface area contributed by atoms with Gasteiger partial charge in [-0.25, -0.2) is 9.69 Å². The Morgan fingerprint density at radius 3 is 2.12 bits per heavy atom. The smallest absolute Gasteiger partial charge is 0.417 e. The third kappa shape index (κ3) is 5.21. The third-order valence-corrected chi connectivity index (χ3v) is 6.39. The lowest BCUT2D eigenvalue weighted by Crippen LogP contribution is -2.50. The van der Waals surface area contributed by atoms with Gasteiger partial charge < -0.3 is 4.74 Å². The van der Waals surface area contributed by atoms with Gasteiger partial charge in [-0.05, 0) is 37.8 Å². The van der Waals surface area contributed by atoms with Gasteiger partial charge in [-0.15, -0.1) is 0 Å². The first-order valence-electron chi connectivity index (χ1n) is 11.5.